The number of aliphatic hydroxyl groups is 1. The van der Waals surface area contributed by atoms with Crippen molar-refractivity contribution in [3.05, 3.63) is 0 Å². The van der Waals surface area contributed by atoms with E-state index in [-0.39, 0.29) is 5.75 Å². The molecule has 0 aliphatic heterocycles. The summed E-state index contributed by atoms with van der Waals surface area (Å²) in [6.45, 7) is 4.64. The van der Waals surface area contributed by atoms with Gasteiger partial charge in [-0.05, 0) is 12.8 Å². The van der Waals surface area contributed by atoms with Gasteiger partial charge >= 0.3 is 5.97 Å². The molecule has 0 aromatic rings. The predicted octanol–water partition coefficient (Wildman–Crippen LogP) is -2.92. The summed E-state index contributed by atoms with van der Waals surface area (Å²) in [5, 5.41) is 25.7. The van der Waals surface area contributed by atoms with E-state index < -0.39 is 72.2 Å². The number of carbonyl (C=O) groups is 5. The molecule has 0 fully saturated rings. The Morgan fingerprint density at radius 3 is 1.90 bits per heavy atom. The van der Waals surface area contributed by atoms with Gasteiger partial charge in [-0.3, -0.25) is 19.2 Å². The summed E-state index contributed by atoms with van der Waals surface area (Å²) in [7, 11) is 0. The van der Waals surface area contributed by atoms with Crippen LogP contribution < -0.4 is 27.4 Å². The molecule has 9 N–H and O–H groups in total. The minimum Gasteiger partial charge on any atom is -0.480 e. The molecule has 0 radical (unpaired) electrons. The number of hydrogen-bond acceptors (Lipinski definition) is 8. The molecule has 0 aromatic carbocycles. The molecule has 0 heterocycles. The van der Waals surface area contributed by atoms with Crippen molar-refractivity contribution in [3.63, 3.8) is 0 Å². The fourth-order valence-corrected chi connectivity index (χ4v) is 2.63. The lowest BCUT2D eigenvalue weighted by Gasteiger charge is -2.28. The number of nitrogens with two attached hydrogens (primary N) is 2. The minimum absolute atomic E-state index is 0.138. The minimum atomic E-state index is -1.56. The summed E-state index contributed by atoms with van der Waals surface area (Å²) in [6, 6.07) is -5.13. The molecule has 12 nitrogen and oxygen atoms in total. The van der Waals surface area contributed by atoms with E-state index in [1.165, 1.54) is 6.92 Å². The highest BCUT2D eigenvalue weighted by molar-refractivity contribution is 7.80. The first kappa shape index (κ1) is 27.6. The lowest BCUT2D eigenvalue weighted by atomic mass is 9.97. The number of carbonyl (C=O) groups excluding carboxylic acids is 4. The number of carboxylic acid groups (broad SMARTS) is 1. The molecule has 4 amide bonds. The lowest BCUT2D eigenvalue weighted by Crippen LogP contribution is -2.60. The molecule has 0 bridgehead atoms. The van der Waals surface area contributed by atoms with Crippen LogP contribution in [-0.2, 0) is 24.0 Å². The summed E-state index contributed by atoms with van der Waals surface area (Å²) >= 11 is 4.01. The first-order valence-corrected chi connectivity index (χ1v) is 9.95. The summed E-state index contributed by atoms with van der Waals surface area (Å²) in [5.74, 6) is -5.12. The fraction of sp³-hybridized carbons (Fsp3) is 0.706. The predicted molar refractivity (Wildman–Crippen MR) is 110 cm³/mol. The number of primary amides is 1. The van der Waals surface area contributed by atoms with Crippen LogP contribution in [0.5, 0.6) is 0 Å². The molecule has 6 unspecified atom stereocenters. The van der Waals surface area contributed by atoms with Gasteiger partial charge in [0.15, 0.2) is 6.04 Å². The topological polar surface area (TPSA) is 214 Å². The Kier molecular flexibility index (Phi) is 12.0. The van der Waals surface area contributed by atoms with E-state index in [4.69, 9.17) is 16.6 Å². The number of nitrogens with one attached hydrogen (secondary N) is 3. The number of hydrogen-bond donors (Lipinski definition) is 8. The summed E-state index contributed by atoms with van der Waals surface area (Å²) in [5.41, 5.74) is 10.5. The summed E-state index contributed by atoms with van der Waals surface area (Å²) in [6.07, 6.45) is -1.32. The van der Waals surface area contributed by atoms with Gasteiger partial charge in [-0.1, -0.05) is 20.3 Å². The van der Waals surface area contributed by atoms with Crippen molar-refractivity contribution in [2.75, 3.05) is 5.75 Å². The van der Waals surface area contributed by atoms with Gasteiger partial charge in [0.05, 0.1) is 18.6 Å². The molecular weight excluding hydrogens is 418 g/mol. The Morgan fingerprint density at radius 1 is 0.967 bits per heavy atom. The molecule has 0 aliphatic carbocycles. The van der Waals surface area contributed by atoms with Crippen LogP contribution in [0.1, 0.15) is 33.6 Å². The highest BCUT2D eigenvalue weighted by atomic mass is 32.1. The standard InChI is InChI=1S/C17H31N5O7S/c1-4-7(2)12(16(27)22-13(8(3)23)17(28)29)21-15(26)10(6-30)20-14(25)9(18)5-11(19)24/h7-10,12-13,23,30H,4-6,18H2,1-3H3,(H2,19,24)(H,20,25)(H,21,26)(H,22,27)(H,28,29). The van der Waals surface area contributed by atoms with Gasteiger partial charge in [-0.2, -0.15) is 12.6 Å². The first-order chi connectivity index (χ1) is 13.8. The van der Waals surface area contributed by atoms with Crippen LogP contribution in [0.25, 0.3) is 0 Å². The van der Waals surface area contributed by atoms with Crippen LogP contribution in [0.3, 0.4) is 0 Å². The zero-order chi connectivity index (χ0) is 23.6. The number of aliphatic hydroxyl groups excluding tert-OH is 1. The van der Waals surface area contributed by atoms with Crippen molar-refractivity contribution in [2.45, 2.75) is 63.9 Å². The van der Waals surface area contributed by atoms with Crippen molar-refractivity contribution >= 4 is 42.2 Å². The van der Waals surface area contributed by atoms with Crippen LogP contribution >= 0.6 is 12.6 Å². The van der Waals surface area contributed by atoms with Crippen molar-refractivity contribution in [3.8, 4) is 0 Å². The quantitative estimate of drug-likeness (QED) is 0.136. The molecule has 172 valence electrons. The Bertz CT molecular complexity index is 646. The van der Waals surface area contributed by atoms with E-state index in [0.717, 1.165) is 0 Å². The molecule has 0 saturated heterocycles. The average molecular weight is 450 g/mol. The highest BCUT2D eigenvalue weighted by Crippen LogP contribution is 2.10. The molecule has 30 heavy (non-hydrogen) atoms. The number of carboxylic acids is 1. The third-order valence-corrected chi connectivity index (χ3v) is 4.78. The molecule has 0 aliphatic rings. The second kappa shape index (κ2) is 13.0. The zero-order valence-corrected chi connectivity index (χ0v) is 18.0. The maximum absolute atomic E-state index is 12.6. The number of aliphatic carboxylic acids is 1. The summed E-state index contributed by atoms with van der Waals surface area (Å²) < 4.78 is 0. The third kappa shape index (κ3) is 8.97. The van der Waals surface area contributed by atoms with Crippen LogP contribution in [-0.4, -0.2) is 75.8 Å². The van der Waals surface area contributed by atoms with Crippen molar-refractivity contribution in [1.29, 1.82) is 0 Å². The van der Waals surface area contributed by atoms with Crippen LogP contribution in [0.15, 0.2) is 0 Å². The Balaban J connectivity index is 5.32. The number of thiol groups is 1. The molecule has 0 aromatic heterocycles. The lowest BCUT2D eigenvalue weighted by molar-refractivity contribution is -0.145. The highest BCUT2D eigenvalue weighted by Gasteiger charge is 2.33. The van der Waals surface area contributed by atoms with Gasteiger partial charge in [0.2, 0.25) is 23.6 Å². The van der Waals surface area contributed by atoms with Gasteiger partial charge in [-0.15, -0.1) is 0 Å². The van der Waals surface area contributed by atoms with Gasteiger partial charge in [0.25, 0.3) is 0 Å². The molecule has 0 saturated carbocycles. The van der Waals surface area contributed by atoms with E-state index in [1.54, 1.807) is 13.8 Å². The van der Waals surface area contributed by atoms with E-state index in [0.29, 0.717) is 6.42 Å². The van der Waals surface area contributed by atoms with Crippen LogP contribution in [0.4, 0.5) is 0 Å². The average Bonchev–Trinajstić information content (AvgIpc) is 2.65. The molecule has 13 heteroatoms. The van der Waals surface area contributed by atoms with Gasteiger partial charge in [0.1, 0.15) is 12.1 Å². The SMILES string of the molecule is CCC(C)C(NC(=O)C(CS)NC(=O)C(N)CC(N)=O)C(=O)NC(C(=O)O)C(C)O. The number of rotatable bonds is 13. The number of amides is 4. The van der Waals surface area contributed by atoms with E-state index >= 15 is 0 Å². The molecule has 0 rings (SSSR count). The van der Waals surface area contributed by atoms with Crippen molar-refractivity contribution in [1.82, 2.24) is 16.0 Å². The fourth-order valence-electron chi connectivity index (χ4n) is 2.37. The van der Waals surface area contributed by atoms with Gasteiger partial charge < -0.3 is 37.6 Å². The second-order valence-corrected chi connectivity index (χ2v) is 7.32. The van der Waals surface area contributed by atoms with Crippen molar-refractivity contribution in [2.24, 2.45) is 17.4 Å². The van der Waals surface area contributed by atoms with Crippen LogP contribution in [0, 0.1) is 5.92 Å². The Morgan fingerprint density at radius 2 is 1.50 bits per heavy atom. The monoisotopic (exact) mass is 449 g/mol. The Labute approximate surface area is 179 Å². The van der Waals surface area contributed by atoms with Crippen molar-refractivity contribution < 1.29 is 34.2 Å². The van der Waals surface area contributed by atoms with Gasteiger partial charge in [-0.25, -0.2) is 4.79 Å². The van der Waals surface area contributed by atoms with Gasteiger partial charge in [0, 0.05) is 5.75 Å². The third-order valence-electron chi connectivity index (χ3n) is 4.41. The van der Waals surface area contributed by atoms with E-state index in [1.807, 2.05) is 0 Å². The normalized spacial score (nSPS) is 16.9. The first-order valence-electron chi connectivity index (χ1n) is 9.32. The maximum atomic E-state index is 12.6. The molecular formula is C17H31N5O7S. The largest absolute Gasteiger partial charge is 0.480 e. The Hall–Kier alpha value is -2.38. The summed E-state index contributed by atoms with van der Waals surface area (Å²) in [4.78, 5) is 59.3. The van der Waals surface area contributed by atoms with E-state index in [9.17, 15) is 29.1 Å². The smallest absolute Gasteiger partial charge is 0.328 e. The molecule has 6 atom stereocenters. The van der Waals surface area contributed by atoms with Crippen LogP contribution in [0.2, 0.25) is 0 Å². The zero-order valence-electron chi connectivity index (χ0n) is 17.1. The maximum Gasteiger partial charge on any atom is 0.328 e. The van der Waals surface area contributed by atoms with E-state index in [2.05, 4.69) is 28.6 Å². The molecule has 0 spiro atoms. The second-order valence-electron chi connectivity index (χ2n) is 6.96.